The van der Waals surface area contributed by atoms with Crippen LogP contribution in [0.4, 0.5) is 0 Å². The molecule has 0 unspecified atom stereocenters. The Bertz CT molecular complexity index is 228. The lowest BCUT2D eigenvalue weighted by atomic mass is 10.1. The largest absolute Gasteiger partial charge is 0.299 e. The standard InChI is InChI=1S/C9H16N2O2.CH4/c1-6(2)8(12)5-9(13)11-10-7(3)4;/h6H,5H2,1-4H3,(H,11,13);1H4. The van der Waals surface area contributed by atoms with Crippen molar-refractivity contribution < 1.29 is 9.59 Å². The van der Waals surface area contributed by atoms with Gasteiger partial charge in [-0.3, -0.25) is 9.59 Å². The Morgan fingerprint density at radius 2 is 1.79 bits per heavy atom. The van der Waals surface area contributed by atoms with Crippen LogP contribution < -0.4 is 5.43 Å². The Morgan fingerprint density at radius 3 is 2.14 bits per heavy atom. The fourth-order valence-corrected chi connectivity index (χ4v) is 0.576. The maximum atomic E-state index is 11.1. The number of nitrogens with one attached hydrogen (secondary N) is 1. The SMILES string of the molecule is C.CC(C)=NNC(=O)CC(=O)C(C)C. The van der Waals surface area contributed by atoms with Crippen LogP contribution in [0.5, 0.6) is 0 Å². The highest BCUT2D eigenvalue weighted by molar-refractivity contribution is 5.99. The summed E-state index contributed by atoms with van der Waals surface area (Å²) < 4.78 is 0. The number of nitrogens with zero attached hydrogens (tertiary/aromatic N) is 1. The van der Waals surface area contributed by atoms with Crippen LogP contribution in [-0.4, -0.2) is 17.4 Å². The number of carbonyl (C=O) groups is 2. The van der Waals surface area contributed by atoms with E-state index in [2.05, 4.69) is 10.5 Å². The molecular formula is C10H20N2O2. The number of amides is 1. The van der Waals surface area contributed by atoms with E-state index in [-0.39, 0.29) is 31.5 Å². The molecule has 4 heteroatoms. The van der Waals surface area contributed by atoms with Gasteiger partial charge in [-0.15, -0.1) is 0 Å². The van der Waals surface area contributed by atoms with Gasteiger partial charge in [0, 0.05) is 11.6 Å². The second kappa shape index (κ2) is 7.24. The van der Waals surface area contributed by atoms with E-state index in [4.69, 9.17) is 0 Å². The van der Waals surface area contributed by atoms with E-state index in [1.54, 1.807) is 27.7 Å². The monoisotopic (exact) mass is 200 g/mol. The summed E-state index contributed by atoms with van der Waals surface area (Å²) in [5, 5.41) is 3.70. The molecule has 1 amide bonds. The fourth-order valence-electron chi connectivity index (χ4n) is 0.576. The normalized spacial score (nSPS) is 8.93. The Labute approximate surface area is 85.8 Å². The molecule has 0 fully saturated rings. The van der Waals surface area contributed by atoms with Gasteiger partial charge in [0.15, 0.2) is 0 Å². The van der Waals surface area contributed by atoms with Crippen molar-refractivity contribution >= 4 is 17.4 Å². The van der Waals surface area contributed by atoms with Crippen molar-refractivity contribution in [2.45, 2.75) is 41.5 Å². The van der Waals surface area contributed by atoms with Crippen molar-refractivity contribution in [1.82, 2.24) is 5.43 Å². The topological polar surface area (TPSA) is 58.5 Å². The van der Waals surface area contributed by atoms with Crippen LogP contribution in [-0.2, 0) is 9.59 Å². The van der Waals surface area contributed by atoms with Crippen LogP contribution in [0.1, 0.15) is 41.5 Å². The third-order valence-corrected chi connectivity index (χ3v) is 1.38. The third kappa shape index (κ3) is 7.46. The van der Waals surface area contributed by atoms with Gasteiger partial charge in [0.05, 0.1) is 6.42 Å². The molecule has 0 radical (unpaired) electrons. The number of hydrazone groups is 1. The van der Waals surface area contributed by atoms with E-state index in [1.165, 1.54) is 0 Å². The van der Waals surface area contributed by atoms with Crippen LogP contribution >= 0.6 is 0 Å². The highest BCUT2D eigenvalue weighted by atomic mass is 16.2. The zero-order valence-corrected chi connectivity index (χ0v) is 8.55. The van der Waals surface area contributed by atoms with E-state index in [0.717, 1.165) is 5.71 Å². The molecule has 0 atom stereocenters. The smallest absolute Gasteiger partial charge is 0.247 e. The molecule has 0 aliphatic carbocycles. The van der Waals surface area contributed by atoms with E-state index in [0.29, 0.717) is 0 Å². The fraction of sp³-hybridized carbons (Fsp3) is 0.700. The van der Waals surface area contributed by atoms with Gasteiger partial charge in [-0.25, -0.2) is 5.43 Å². The summed E-state index contributed by atoms with van der Waals surface area (Å²) in [5.41, 5.74) is 3.05. The minimum Gasteiger partial charge on any atom is -0.299 e. The van der Waals surface area contributed by atoms with Crippen molar-refractivity contribution in [3.8, 4) is 0 Å². The van der Waals surface area contributed by atoms with Crippen molar-refractivity contribution in [3.05, 3.63) is 0 Å². The Balaban J connectivity index is 0. The molecule has 0 aliphatic heterocycles. The van der Waals surface area contributed by atoms with Gasteiger partial charge in [-0.05, 0) is 13.8 Å². The summed E-state index contributed by atoms with van der Waals surface area (Å²) >= 11 is 0. The Hall–Kier alpha value is -1.19. The van der Waals surface area contributed by atoms with Crippen LogP contribution in [0.15, 0.2) is 5.10 Å². The molecule has 0 aromatic carbocycles. The van der Waals surface area contributed by atoms with Crippen molar-refractivity contribution in [2.24, 2.45) is 11.0 Å². The van der Waals surface area contributed by atoms with Gasteiger partial charge in [-0.1, -0.05) is 21.3 Å². The number of rotatable bonds is 4. The lowest BCUT2D eigenvalue weighted by molar-refractivity contribution is -0.129. The van der Waals surface area contributed by atoms with E-state index in [1.807, 2.05) is 0 Å². The molecule has 0 saturated heterocycles. The minimum absolute atomic E-state index is 0. The van der Waals surface area contributed by atoms with E-state index in [9.17, 15) is 9.59 Å². The number of hydrogen-bond donors (Lipinski definition) is 1. The van der Waals surface area contributed by atoms with Gasteiger partial charge < -0.3 is 0 Å². The molecule has 0 spiro atoms. The summed E-state index contributed by atoms with van der Waals surface area (Å²) in [7, 11) is 0. The van der Waals surface area contributed by atoms with Crippen LogP contribution in [0.3, 0.4) is 0 Å². The van der Waals surface area contributed by atoms with Gasteiger partial charge in [-0.2, -0.15) is 5.10 Å². The molecule has 0 aromatic rings. The molecular weight excluding hydrogens is 180 g/mol. The first kappa shape index (κ1) is 15.3. The maximum Gasteiger partial charge on any atom is 0.247 e. The zero-order valence-electron chi connectivity index (χ0n) is 8.55. The van der Waals surface area contributed by atoms with E-state index >= 15 is 0 Å². The lowest BCUT2D eigenvalue weighted by Gasteiger charge is -2.02. The summed E-state index contributed by atoms with van der Waals surface area (Å²) in [6, 6.07) is 0. The summed E-state index contributed by atoms with van der Waals surface area (Å²) in [4.78, 5) is 22.1. The molecule has 0 aromatic heterocycles. The van der Waals surface area contributed by atoms with E-state index < -0.39 is 0 Å². The van der Waals surface area contributed by atoms with Gasteiger partial charge in [0.25, 0.3) is 0 Å². The molecule has 0 rings (SSSR count). The predicted octanol–water partition coefficient (Wildman–Crippen LogP) is 1.75. The molecule has 14 heavy (non-hydrogen) atoms. The number of Topliss-reactive ketones (excluding diaryl/α,β-unsaturated/α-hetero) is 1. The molecule has 0 heterocycles. The van der Waals surface area contributed by atoms with Crippen LogP contribution in [0.25, 0.3) is 0 Å². The quantitative estimate of drug-likeness (QED) is 0.427. The highest BCUT2D eigenvalue weighted by Crippen LogP contribution is 1.97. The lowest BCUT2D eigenvalue weighted by Crippen LogP contribution is -2.23. The highest BCUT2D eigenvalue weighted by Gasteiger charge is 2.11. The first-order valence-corrected chi connectivity index (χ1v) is 4.26. The van der Waals surface area contributed by atoms with Gasteiger partial charge in [0.2, 0.25) is 5.91 Å². The minimum atomic E-state index is -0.347. The number of ketones is 1. The van der Waals surface area contributed by atoms with Gasteiger partial charge >= 0.3 is 0 Å². The first-order chi connectivity index (χ1) is 5.93. The molecule has 82 valence electrons. The van der Waals surface area contributed by atoms with Crippen LogP contribution in [0, 0.1) is 5.92 Å². The van der Waals surface area contributed by atoms with Crippen LogP contribution in [0.2, 0.25) is 0 Å². The molecule has 0 aliphatic rings. The summed E-state index contributed by atoms with van der Waals surface area (Å²) in [6.07, 6.45) is -0.0888. The van der Waals surface area contributed by atoms with Crippen molar-refractivity contribution in [3.63, 3.8) is 0 Å². The molecule has 4 nitrogen and oxygen atoms in total. The third-order valence-electron chi connectivity index (χ3n) is 1.38. The summed E-state index contributed by atoms with van der Waals surface area (Å²) in [5.74, 6) is -0.515. The second-order valence-electron chi connectivity index (χ2n) is 3.39. The molecule has 0 bridgehead atoms. The zero-order chi connectivity index (χ0) is 10.4. The molecule has 0 saturated carbocycles. The average Bonchev–Trinajstić information content (AvgIpc) is 2.00. The number of hydrogen-bond acceptors (Lipinski definition) is 3. The van der Waals surface area contributed by atoms with Crippen molar-refractivity contribution in [2.75, 3.05) is 0 Å². The van der Waals surface area contributed by atoms with Crippen molar-refractivity contribution in [1.29, 1.82) is 0 Å². The Kier molecular flexibility index (Phi) is 7.90. The maximum absolute atomic E-state index is 11.1. The molecule has 1 N–H and O–H groups in total. The average molecular weight is 200 g/mol. The number of carbonyl (C=O) groups excluding carboxylic acids is 2. The van der Waals surface area contributed by atoms with Gasteiger partial charge in [0.1, 0.15) is 5.78 Å². The predicted molar refractivity (Wildman–Crippen MR) is 58.1 cm³/mol. The Morgan fingerprint density at radius 1 is 1.29 bits per heavy atom. The summed E-state index contributed by atoms with van der Waals surface area (Å²) in [6.45, 7) is 7.07. The second-order valence-corrected chi connectivity index (χ2v) is 3.39. The first-order valence-electron chi connectivity index (χ1n) is 4.26.